The normalized spacial score (nSPS) is 24.1. The van der Waals surface area contributed by atoms with E-state index in [0.717, 1.165) is 18.5 Å². The van der Waals surface area contributed by atoms with Crippen LogP contribution in [0.25, 0.3) is 0 Å². The molecule has 17 heavy (non-hydrogen) atoms. The van der Waals surface area contributed by atoms with Crippen LogP contribution in [0.4, 0.5) is 4.39 Å². The molecular formula is C14H20FNS. The largest absolute Gasteiger partial charge is 0.313 e. The Morgan fingerprint density at radius 1 is 1.41 bits per heavy atom. The first-order valence-corrected chi connectivity index (χ1v) is 7.50. The van der Waals surface area contributed by atoms with Crippen molar-refractivity contribution < 1.29 is 4.39 Å². The summed E-state index contributed by atoms with van der Waals surface area (Å²) in [7, 11) is 0. The third kappa shape index (κ3) is 3.71. The molecule has 0 aliphatic carbocycles. The van der Waals surface area contributed by atoms with E-state index in [1.54, 1.807) is 12.1 Å². The van der Waals surface area contributed by atoms with Gasteiger partial charge in [-0.3, -0.25) is 0 Å². The maximum Gasteiger partial charge on any atom is 0.123 e. The summed E-state index contributed by atoms with van der Waals surface area (Å²) in [6.07, 6.45) is 2.17. The smallest absolute Gasteiger partial charge is 0.123 e. The number of rotatable bonds is 5. The Labute approximate surface area is 107 Å². The van der Waals surface area contributed by atoms with Crippen LogP contribution in [0.15, 0.2) is 24.3 Å². The summed E-state index contributed by atoms with van der Waals surface area (Å²) in [6.45, 7) is 3.28. The Balaban J connectivity index is 1.93. The molecule has 2 atom stereocenters. The van der Waals surface area contributed by atoms with Crippen molar-refractivity contribution in [3.05, 3.63) is 35.6 Å². The lowest BCUT2D eigenvalue weighted by Crippen LogP contribution is -2.36. The summed E-state index contributed by atoms with van der Waals surface area (Å²) in [5, 5.41) is 3.60. The van der Waals surface area contributed by atoms with Crippen molar-refractivity contribution in [2.45, 2.75) is 25.8 Å². The van der Waals surface area contributed by atoms with Crippen molar-refractivity contribution >= 4 is 11.8 Å². The Morgan fingerprint density at radius 2 is 2.29 bits per heavy atom. The minimum Gasteiger partial charge on any atom is -0.313 e. The highest BCUT2D eigenvalue weighted by Crippen LogP contribution is 2.27. The van der Waals surface area contributed by atoms with Crippen molar-refractivity contribution in [1.29, 1.82) is 0 Å². The molecule has 0 aromatic heterocycles. The number of hydrogen-bond donors (Lipinski definition) is 1. The minimum absolute atomic E-state index is 0.119. The zero-order valence-corrected chi connectivity index (χ0v) is 11.1. The maximum absolute atomic E-state index is 13.1. The second-order valence-electron chi connectivity index (χ2n) is 4.69. The number of nitrogens with one attached hydrogen (secondary N) is 1. The molecule has 94 valence electrons. The fourth-order valence-corrected chi connectivity index (χ4v) is 3.75. The van der Waals surface area contributed by atoms with Crippen LogP contribution in [-0.2, 0) is 6.42 Å². The van der Waals surface area contributed by atoms with Gasteiger partial charge in [0.2, 0.25) is 0 Å². The monoisotopic (exact) mass is 253 g/mol. The van der Waals surface area contributed by atoms with Gasteiger partial charge in [-0.05, 0) is 48.8 Å². The van der Waals surface area contributed by atoms with E-state index in [4.69, 9.17) is 0 Å². The van der Waals surface area contributed by atoms with Crippen LogP contribution in [0.3, 0.4) is 0 Å². The number of thioether (sulfide) groups is 1. The summed E-state index contributed by atoms with van der Waals surface area (Å²) in [5.41, 5.74) is 1.13. The summed E-state index contributed by atoms with van der Waals surface area (Å²) in [5.74, 6) is 2.91. The van der Waals surface area contributed by atoms with Gasteiger partial charge in [-0.25, -0.2) is 4.39 Å². The fourth-order valence-electron chi connectivity index (χ4n) is 2.32. The van der Waals surface area contributed by atoms with Gasteiger partial charge in [-0.1, -0.05) is 19.1 Å². The molecular weight excluding hydrogens is 233 g/mol. The second-order valence-corrected chi connectivity index (χ2v) is 5.77. The zero-order valence-electron chi connectivity index (χ0n) is 10.3. The van der Waals surface area contributed by atoms with Gasteiger partial charge >= 0.3 is 0 Å². The Kier molecular flexibility index (Phi) is 4.86. The molecule has 2 rings (SSSR count). The topological polar surface area (TPSA) is 12.0 Å². The highest BCUT2D eigenvalue weighted by molar-refractivity contribution is 7.99. The van der Waals surface area contributed by atoms with Crippen LogP contribution in [0, 0.1) is 11.7 Å². The fraction of sp³-hybridized carbons (Fsp3) is 0.571. The molecule has 0 radical (unpaired) electrons. The minimum atomic E-state index is -0.119. The van der Waals surface area contributed by atoms with Gasteiger partial charge in [0.25, 0.3) is 0 Å². The molecule has 0 spiro atoms. The van der Waals surface area contributed by atoms with Gasteiger partial charge in [0.05, 0.1) is 0 Å². The van der Waals surface area contributed by atoms with E-state index in [-0.39, 0.29) is 5.82 Å². The number of benzene rings is 1. The van der Waals surface area contributed by atoms with Crippen LogP contribution in [0.5, 0.6) is 0 Å². The molecule has 1 aliphatic rings. The van der Waals surface area contributed by atoms with Gasteiger partial charge in [0.1, 0.15) is 5.82 Å². The van der Waals surface area contributed by atoms with Crippen LogP contribution >= 0.6 is 11.8 Å². The molecule has 0 bridgehead atoms. The summed E-state index contributed by atoms with van der Waals surface area (Å²) >= 11 is 2.01. The van der Waals surface area contributed by atoms with Crippen LogP contribution in [-0.4, -0.2) is 24.1 Å². The highest BCUT2D eigenvalue weighted by Gasteiger charge is 2.27. The van der Waals surface area contributed by atoms with Gasteiger partial charge in [-0.2, -0.15) is 11.8 Å². The van der Waals surface area contributed by atoms with E-state index in [1.165, 1.54) is 24.0 Å². The Morgan fingerprint density at radius 3 is 3.06 bits per heavy atom. The molecule has 2 unspecified atom stereocenters. The third-order valence-corrected chi connectivity index (χ3v) is 4.50. The van der Waals surface area contributed by atoms with Gasteiger partial charge in [0.15, 0.2) is 0 Å². The van der Waals surface area contributed by atoms with E-state index in [1.807, 2.05) is 17.8 Å². The highest BCUT2D eigenvalue weighted by atomic mass is 32.2. The predicted molar refractivity (Wildman–Crippen MR) is 73.0 cm³/mol. The molecule has 1 aromatic carbocycles. The van der Waals surface area contributed by atoms with E-state index in [2.05, 4.69) is 12.2 Å². The van der Waals surface area contributed by atoms with E-state index in [0.29, 0.717) is 12.0 Å². The predicted octanol–water partition coefficient (Wildman–Crippen LogP) is 3.10. The Bertz CT molecular complexity index is 356. The molecule has 0 amide bonds. The first-order chi connectivity index (χ1) is 8.29. The first kappa shape index (κ1) is 12.9. The molecule has 3 heteroatoms. The summed E-state index contributed by atoms with van der Waals surface area (Å²) in [4.78, 5) is 0. The zero-order chi connectivity index (χ0) is 12.1. The lowest BCUT2D eigenvalue weighted by Gasteiger charge is -2.20. The molecule has 0 saturated carbocycles. The molecule has 1 aromatic rings. The SMILES string of the molecule is CCCNC1CSCC1Cc1cccc(F)c1. The summed E-state index contributed by atoms with van der Waals surface area (Å²) in [6, 6.07) is 7.62. The van der Waals surface area contributed by atoms with Gasteiger partial charge < -0.3 is 5.32 Å². The first-order valence-electron chi connectivity index (χ1n) is 6.35. The number of hydrogen-bond acceptors (Lipinski definition) is 2. The van der Waals surface area contributed by atoms with Crippen molar-refractivity contribution in [1.82, 2.24) is 5.32 Å². The van der Waals surface area contributed by atoms with Crippen LogP contribution in [0.2, 0.25) is 0 Å². The average Bonchev–Trinajstić information content (AvgIpc) is 2.74. The summed E-state index contributed by atoms with van der Waals surface area (Å²) < 4.78 is 13.1. The van der Waals surface area contributed by atoms with Crippen LogP contribution < -0.4 is 5.32 Å². The standard InChI is InChI=1S/C14H20FNS/c1-2-6-16-14-10-17-9-12(14)7-11-4-3-5-13(15)8-11/h3-5,8,12,14,16H,2,6-7,9-10H2,1H3. The van der Waals surface area contributed by atoms with Crippen LogP contribution in [0.1, 0.15) is 18.9 Å². The van der Waals surface area contributed by atoms with E-state index in [9.17, 15) is 4.39 Å². The van der Waals surface area contributed by atoms with Gasteiger partial charge in [-0.15, -0.1) is 0 Å². The second kappa shape index (κ2) is 6.41. The number of halogens is 1. The molecule has 1 N–H and O–H groups in total. The molecule has 1 aliphatic heterocycles. The lowest BCUT2D eigenvalue weighted by molar-refractivity contribution is 0.424. The van der Waals surface area contributed by atoms with Crippen molar-refractivity contribution in [3.8, 4) is 0 Å². The van der Waals surface area contributed by atoms with Gasteiger partial charge in [0, 0.05) is 11.8 Å². The molecule has 1 heterocycles. The van der Waals surface area contributed by atoms with E-state index < -0.39 is 0 Å². The van der Waals surface area contributed by atoms with Crippen molar-refractivity contribution in [2.24, 2.45) is 5.92 Å². The average molecular weight is 253 g/mol. The molecule has 1 saturated heterocycles. The Hall–Kier alpha value is -0.540. The quantitative estimate of drug-likeness (QED) is 0.865. The maximum atomic E-state index is 13.1. The lowest BCUT2D eigenvalue weighted by atomic mass is 9.95. The molecule has 1 fully saturated rings. The van der Waals surface area contributed by atoms with E-state index >= 15 is 0 Å². The van der Waals surface area contributed by atoms with Crippen molar-refractivity contribution in [2.75, 3.05) is 18.1 Å². The van der Waals surface area contributed by atoms with Crippen molar-refractivity contribution in [3.63, 3.8) is 0 Å². The third-order valence-electron chi connectivity index (χ3n) is 3.24. The molecule has 1 nitrogen and oxygen atoms in total.